The van der Waals surface area contributed by atoms with Gasteiger partial charge in [0.15, 0.2) is 5.78 Å². The number of hydrogen-bond acceptors (Lipinski definition) is 6. The van der Waals surface area contributed by atoms with Gasteiger partial charge in [0.05, 0.1) is 30.3 Å². The maximum absolute atomic E-state index is 14.2. The van der Waals surface area contributed by atoms with Crippen LogP contribution in [0.1, 0.15) is 86.5 Å². The molecule has 202 valence electrons. The maximum atomic E-state index is 14.2. The number of carbonyl (C=O) groups is 2. The summed E-state index contributed by atoms with van der Waals surface area (Å²) in [4.78, 5) is 27.5. The molecule has 0 radical (unpaired) electrons. The Morgan fingerprint density at radius 3 is 2.35 bits per heavy atom. The summed E-state index contributed by atoms with van der Waals surface area (Å²) in [5, 5.41) is 32.6. The maximum Gasteiger partial charge on any atom is 0.312 e. The highest BCUT2D eigenvalue weighted by Crippen LogP contribution is 2.71. The number of ketones is 1. The third-order valence-corrected chi connectivity index (χ3v) is 11.8. The topological polar surface area (TPSA) is 108 Å². The van der Waals surface area contributed by atoms with Gasteiger partial charge in [0, 0.05) is 22.7 Å². The molecule has 6 heteroatoms. The number of allylic oxidation sites excluding steroid dienone is 4. The van der Waals surface area contributed by atoms with Crippen molar-refractivity contribution >= 4 is 11.8 Å². The van der Waals surface area contributed by atoms with Gasteiger partial charge in [-0.2, -0.15) is 5.26 Å². The number of aliphatic hydroxyl groups excluding tert-OH is 2. The lowest BCUT2D eigenvalue weighted by atomic mass is 9.37. The molecule has 0 bridgehead atoms. The minimum Gasteiger partial charge on any atom is -0.511 e. The Morgan fingerprint density at radius 2 is 1.73 bits per heavy atom. The molecule has 5 rings (SSSR count). The van der Waals surface area contributed by atoms with Crippen LogP contribution in [0.25, 0.3) is 0 Å². The zero-order valence-electron chi connectivity index (χ0n) is 23.5. The van der Waals surface area contributed by atoms with Gasteiger partial charge in [0.1, 0.15) is 5.76 Å². The highest BCUT2D eigenvalue weighted by molar-refractivity contribution is 5.95. The van der Waals surface area contributed by atoms with E-state index in [1.54, 1.807) is 0 Å². The number of rotatable bonds is 1. The van der Waals surface area contributed by atoms with Crippen LogP contribution in [0.4, 0.5) is 0 Å². The van der Waals surface area contributed by atoms with Gasteiger partial charge in [0.25, 0.3) is 0 Å². The predicted octanol–water partition coefficient (Wildman–Crippen LogP) is 5.67. The molecule has 0 heterocycles. The van der Waals surface area contributed by atoms with Crippen LogP contribution in [0.3, 0.4) is 0 Å². The summed E-state index contributed by atoms with van der Waals surface area (Å²) in [6, 6.07) is 2.21. The second kappa shape index (κ2) is 7.94. The van der Waals surface area contributed by atoms with Gasteiger partial charge in [-0.3, -0.25) is 9.59 Å². The van der Waals surface area contributed by atoms with Crippen molar-refractivity contribution < 1.29 is 24.5 Å². The molecule has 0 aromatic rings. The first-order valence-electron chi connectivity index (χ1n) is 13.9. The number of carbonyl (C=O) groups excluding carboxylic acids is 2. The van der Waals surface area contributed by atoms with Crippen molar-refractivity contribution in [1.29, 1.82) is 5.26 Å². The van der Waals surface area contributed by atoms with E-state index >= 15 is 0 Å². The smallest absolute Gasteiger partial charge is 0.312 e. The van der Waals surface area contributed by atoms with E-state index in [1.165, 1.54) is 7.11 Å². The van der Waals surface area contributed by atoms with E-state index in [0.29, 0.717) is 24.8 Å². The summed E-state index contributed by atoms with van der Waals surface area (Å²) in [6.45, 7) is 12.5. The highest BCUT2D eigenvalue weighted by atomic mass is 16.5. The fourth-order valence-corrected chi connectivity index (χ4v) is 10.4. The van der Waals surface area contributed by atoms with Crippen molar-refractivity contribution in [3.8, 4) is 6.07 Å². The van der Waals surface area contributed by atoms with E-state index < -0.39 is 27.8 Å². The van der Waals surface area contributed by atoms with E-state index in [9.17, 15) is 25.1 Å². The van der Waals surface area contributed by atoms with Crippen LogP contribution in [0.2, 0.25) is 0 Å². The molecule has 5 aliphatic rings. The normalized spacial score (nSPS) is 45.9. The molecular formula is C31H43NO5. The lowest BCUT2D eigenvalue weighted by Crippen LogP contribution is -2.64. The van der Waals surface area contributed by atoms with Gasteiger partial charge in [-0.25, -0.2) is 0 Å². The summed E-state index contributed by atoms with van der Waals surface area (Å²) in [7, 11) is 1.46. The molecule has 2 N–H and O–H groups in total. The average Bonchev–Trinajstić information content (AvgIpc) is 2.81. The largest absolute Gasteiger partial charge is 0.511 e. The molecule has 0 spiro atoms. The lowest BCUT2D eigenvalue weighted by Gasteiger charge is -2.66. The van der Waals surface area contributed by atoms with E-state index in [0.717, 1.165) is 31.3 Å². The number of fused-ring (bicyclic) bond motifs is 7. The quantitative estimate of drug-likeness (QED) is 0.441. The van der Waals surface area contributed by atoms with Crippen molar-refractivity contribution in [2.75, 3.05) is 7.11 Å². The molecule has 0 aromatic heterocycles. The molecule has 3 saturated carbocycles. The number of nitriles is 1. The van der Waals surface area contributed by atoms with Crippen molar-refractivity contribution in [2.24, 2.45) is 50.7 Å². The number of ether oxygens (including phenoxy) is 1. The fourth-order valence-electron chi connectivity index (χ4n) is 10.4. The molecule has 6 nitrogen and oxygen atoms in total. The van der Waals surface area contributed by atoms with Crippen molar-refractivity contribution in [3.05, 3.63) is 23.0 Å². The van der Waals surface area contributed by atoms with Crippen LogP contribution in [0, 0.1) is 62.1 Å². The molecular weight excluding hydrogens is 466 g/mol. The molecule has 8 unspecified atom stereocenters. The molecule has 0 saturated heterocycles. The van der Waals surface area contributed by atoms with Crippen LogP contribution in [0.15, 0.2) is 23.0 Å². The third kappa shape index (κ3) is 3.32. The van der Waals surface area contributed by atoms with Gasteiger partial charge in [-0.15, -0.1) is 0 Å². The first-order valence-corrected chi connectivity index (χ1v) is 13.9. The van der Waals surface area contributed by atoms with Crippen LogP contribution < -0.4 is 0 Å². The summed E-state index contributed by atoms with van der Waals surface area (Å²) in [6.07, 6.45) is 5.89. The second-order valence-corrected chi connectivity index (χ2v) is 14.7. The minimum atomic E-state index is -0.792. The molecule has 37 heavy (non-hydrogen) atoms. The fraction of sp³-hybridized carbons (Fsp3) is 0.774. The number of nitrogens with zero attached hydrogens (tertiary/aromatic N) is 1. The second-order valence-electron chi connectivity index (χ2n) is 14.7. The SMILES string of the molecule is COC(=O)C12CCC3C(C(=O)C=C4C3(C)CC(O)C3C(C)(C)C(O)=C(C#N)CC43C)C1CC(C)(C)CC2. The van der Waals surface area contributed by atoms with Crippen LogP contribution in [-0.4, -0.2) is 35.2 Å². The molecule has 8 atom stereocenters. The summed E-state index contributed by atoms with van der Waals surface area (Å²) in [5.41, 5.74) is -1.07. The van der Waals surface area contributed by atoms with Crippen molar-refractivity contribution in [2.45, 2.75) is 92.6 Å². The Labute approximate surface area is 221 Å². The van der Waals surface area contributed by atoms with Crippen molar-refractivity contribution in [1.82, 2.24) is 0 Å². The number of methoxy groups -OCH3 is 1. The van der Waals surface area contributed by atoms with Crippen molar-refractivity contribution in [3.63, 3.8) is 0 Å². The minimum absolute atomic E-state index is 0.0113. The predicted molar refractivity (Wildman–Crippen MR) is 139 cm³/mol. The Morgan fingerprint density at radius 1 is 1.05 bits per heavy atom. The van der Waals surface area contributed by atoms with E-state index in [-0.39, 0.29) is 46.6 Å². The summed E-state index contributed by atoms with van der Waals surface area (Å²) >= 11 is 0. The van der Waals surface area contributed by atoms with E-state index in [1.807, 2.05) is 19.9 Å². The van der Waals surface area contributed by atoms with Crippen LogP contribution in [-0.2, 0) is 14.3 Å². The molecule has 3 fully saturated rings. The standard InChI is InChI=1S/C31H43NO5/c1-27(2)10-11-31(26(36)37-7)9-8-18-23(19(31)14-27)20(33)12-22-29(18,5)15-21(34)24-28(3,4)25(35)17(16-32)13-30(22,24)6/h12,18-19,21,23-24,34-35H,8-11,13-15H2,1-7H3. The van der Waals surface area contributed by atoms with Gasteiger partial charge in [-0.05, 0) is 73.7 Å². The third-order valence-electron chi connectivity index (χ3n) is 11.8. The molecule has 0 amide bonds. The van der Waals surface area contributed by atoms with E-state index in [2.05, 4.69) is 33.8 Å². The Kier molecular flexibility index (Phi) is 5.68. The van der Waals surface area contributed by atoms with Gasteiger partial charge < -0.3 is 14.9 Å². The molecule has 5 aliphatic carbocycles. The first kappa shape index (κ1) is 26.5. The number of esters is 1. The van der Waals surface area contributed by atoms with Crippen LogP contribution in [0.5, 0.6) is 0 Å². The zero-order valence-corrected chi connectivity index (χ0v) is 23.5. The number of aliphatic hydroxyl groups is 2. The zero-order chi connectivity index (χ0) is 27.3. The number of hydrogen-bond donors (Lipinski definition) is 2. The molecule has 0 aromatic carbocycles. The Bertz CT molecular complexity index is 1160. The Balaban J connectivity index is 1.67. The highest BCUT2D eigenvalue weighted by Gasteiger charge is 2.68. The van der Waals surface area contributed by atoms with Gasteiger partial charge >= 0.3 is 5.97 Å². The van der Waals surface area contributed by atoms with Gasteiger partial charge in [-0.1, -0.05) is 47.1 Å². The van der Waals surface area contributed by atoms with E-state index in [4.69, 9.17) is 4.74 Å². The van der Waals surface area contributed by atoms with Crippen LogP contribution >= 0.6 is 0 Å². The Hall–Kier alpha value is -2.13. The first-order chi connectivity index (χ1) is 17.1. The van der Waals surface area contributed by atoms with Gasteiger partial charge in [0.2, 0.25) is 0 Å². The summed E-state index contributed by atoms with van der Waals surface area (Å²) < 4.78 is 5.36. The molecule has 0 aliphatic heterocycles. The monoisotopic (exact) mass is 509 g/mol. The lowest BCUT2D eigenvalue weighted by molar-refractivity contribution is -0.182. The average molecular weight is 510 g/mol. The summed E-state index contributed by atoms with van der Waals surface area (Å²) in [5.74, 6) is -0.712.